The molecule has 2 aliphatic heterocycles. The first-order valence-corrected chi connectivity index (χ1v) is 13.1. The number of hydrogen-bond donors (Lipinski definition) is 1. The normalized spacial score (nSPS) is 24.1. The van der Waals surface area contributed by atoms with Crippen molar-refractivity contribution in [2.75, 3.05) is 30.8 Å². The van der Waals surface area contributed by atoms with Crippen molar-refractivity contribution in [1.82, 2.24) is 15.0 Å². The van der Waals surface area contributed by atoms with E-state index in [-0.39, 0.29) is 53.2 Å². The molecule has 8 nitrogen and oxygen atoms in total. The summed E-state index contributed by atoms with van der Waals surface area (Å²) in [6.07, 6.45) is -0.466. The summed E-state index contributed by atoms with van der Waals surface area (Å²) in [6, 6.07) is 8.13. The minimum Gasteiger partial charge on any atom is -0.611 e. The fourth-order valence-corrected chi connectivity index (χ4v) is 6.10. The fraction of sp³-hybridized carbons (Fsp3) is 0.375. The van der Waals surface area contributed by atoms with Gasteiger partial charge in [0.05, 0.1) is 24.6 Å². The molecule has 3 heterocycles. The van der Waals surface area contributed by atoms with Crippen molar-refractivity contribution in [2.24, 2.45) is 5.73 Å². The Kier molecular flexibility index (Phi) is 6.96. The second-order valence-electron chi connectivity index (χ2n) is 9.38. The Balaban J connectivity index is 1.54. The first kappa shape index (κ1) is 26.0. The minimum absolute atomic E-state index is 0.0322. The van der Waals surface area contributed by atoms with Gasteiger partial charge in [0.2, 0.25) is 17.6 Å². The molecule has 3 aromatic rings. The number of halogens is 4. The van der Waals surface area contributed by atoms with Crippen LogP contribution in [0.4, 0.5) is 18.9 Å². The molecule has 2 aromatic carbocycles. The molecular formula is C24H23ClF3N5O3S. The van der Waals surface area contributed by atoms with Crippen molar-refractivity contribution in [2.45, 2.75) is 35.7 Å². The highest BCUT2D eigenvalue weighted by Crippen LogP contribution is 2.38. The number of amides is 1. The van der Waals surface area contributed by atoms with Crippen molar-refractivity contribution in [1.29, 1.82) is 0 Å². The summed E-state index contributed by atoms with van der Waals surface area (Å²) in [5.74, 6) is -5.29. The number of aromatic nitrogens is 2. The van der Waals surface area contributed by atoms with E-state index in [4.69, 9.17) is 21.9 Å². The highest BCUT2D eigenvalue weighted by atomic mass is 35.5. The highest BCUT2D eigenvalue weighted by molar-refractivity contribution is 7.91. The van der Waals surface area contributed by atoms with Gasteiger partial charge in [0.15, 0.2) is 4.90 Å². The minimum atomic E-state index is -2.92. The summed E-state index contributed by atoms with van der Waals surface area (Å²) in [5, 5.41) is 4.35. The monoisotopic (exact) mass is 553 g/mol. The number of anilines is 1. The molecular weight excluding hydrogens is 531 g/mol. The number of fused-ring (bicyclic) bond motifs is 1. The van der Waals surface area contributed by atoms with Crippen LogP contribution < -0.4 is 10.6 Å². The number of likely N-dealkylation sites (N-methyl/N-ethyl adjacent to an activating group) is 1. The number of benzene rings is 2. The Morgan fingerprint density at radius 2 is 2.03 bits per heavy atom. The molecule has 3 atom stereocenters. The molecule has 196 valence electrons. The third-order valence-electron chi connectivity index (χ3n) is 6.36. The molecule has 1 saturated heterocycles. The number of alkyl halides is 2. The molecule has 1 fully saturated rings. The molecule has 0 spiro atoms. The van der Waals surface area contributed by atoms with Crippen LogP contribution in [0.1, 0.15) is 23.8 Å². The first-order chi connectivity index (χ1) is 17.5. The van der Waals surface area contributed by atoms with Crippen LogP contribution in [0.3, 0.4) is 0 Å². The number of hydrogen-bond acceptors (Lipinski definition) is 7. The van der Waals surface area contributed by atoms with E-state index in [0.717, 1.165) is 11.6 Å². The lowest BCUT2D eigenvalue weighted by Gasteiger charge is -2.33. The van der Waals surface area contributed by atoms with Gasteiger partial charge in [-0.15, -0.1) is 0 Å². The smallest absolute Gasteiger partial charge is 0.261 e. The van der Waals surface area contributed by atoms with E-state index in [1.807, 2.05) is 0 Å². The molecule has 37 heavy (non-hydrogen) atoms. The molecule has 5 rings (SSSR count). The second-order valence-corrected chi connectivity index (χ2v) is 11.3. The van der Waals surface area contributed by atoms with Crippen LogP contribution in [-0.4, -0.2) is 63.4 Å². The highest BCUT2D eigenvalue weighted by Gasteiger charge is 2.42. The molecule has 1 amide bonds. The van der Waals surface area contributed by atoms with Gasteiger partial charge in [-0.25, -0.2) is 13.2 Å². The van der Waals surface area contributed by atoms with E-state index in [2.05, 4.69) is 10.1 Å². The van der Waals surface area contributed by atoms with E-state index in [1.165, 1.54) is 15.9 Å². The maximum atomic E-state index is 15.3. The molecule has 2 unspecified atom stereocenters. The molecule has 0 bridgehead atoms. The van der Waals surface area contributed by atoms with Crippen molar-refractivity contribution in [3.05, 3.63) is 58.7 Å². The Morgan fingerprint density at radius 3 is 2.73 bits per heavy atom. The van der Waals surface area contributed by atoms with Crippen molar-refractivity contribution in [3.63, 3.8) is 0 Å². The van der Waals surface area contributed by atoms with Gasteiger partial charge in [-0.05, 0) is 42.0 Å². The molecule has 1 aromatic heterocycles. The number of likely N-dealkylation sites (tertiary alicyclic amines) is 1. The second kappa shape index (κ2) is 9.91. The zero-order valence-electron chi connectivity index (χ0n) is 19.7. The van der Waals surface area contributed by atoms with E-state index >= 15 is 4.39 Å². The molecule has 0 aliphatic carbocycles. The lowest BCUT2D eigenvalue weighted by atomic mass is 9.95. The third-order valence-corrected chi connectivity index (χ3v) is 8.09. The largest absolute Gasteiger partial charge is 0.611 e. The van der Waals surface area contributed by atoms with Crippen LogP contribution in [-0.2, 0) is 22.5 Å². The van der Waals surface area contributed by atoms with Gasteiger partial charge in [0.25, 0.3) is 5.92 Å². The number of rotatable bonds is 4. The van der Waals surface area contributed by atoms with E-state index < -0.39 is 47.2 Å². The molecule has 0 saturated carbocycles. The summed E-state index contributed by atoms with van der Waals surface area (Å²) in [6.45, 7) is -0.0230. The van der Waals surface area contributed by atoms with Crippen molar-refractivity contribution < 1.29 is 27.0 Å². The summed E-state index contributed by atoms with van der Waals surface area (Å²) >= 11 is 4.22. The first-order valence-electron chi connectivity index (χ1n) is 11.4. The lowest BCUT2D eigenvalue weighted by molar-refractivity contribution is -0.119. The van der Waals surface area contributed by atoms with Gasteiger partial charge in [0, 0.05) is 24.1 Å². The van der Waals surface area contributed by atoms with E-state index in [9.17, 15) is 18.1 Å². The fourth-order valence-electron chi connectivity index (χ4n) is 4.69. The average molecular weight is 554 g/mol. The van der Waals surface area contributed by atoms with E-state index in [0.29, 0.717) is 5.02 Å². The molecule has 13 heteroatoms. The van der Waals surface area contributed by atoms with Gasteiger partial charge in [-0.2, -0.15) is 4.98 Å². The van der Waals surface area contributed by atoms with Crippen LogP contribution in [0, 0.1) is 5.82 Å². The Hall–Kier alpha value is -2.64. The quantitative estimate of drug-likeness (QED) is 0.492. The maximum Gasteiger partial charge on any atom is 0.261 e. The Morgan fingerprint density at radius 1 is 1.30 bits per heavy atom. The van der Waals surface area contributed by atoms with Crippen LogP contribution in [0.2, 0.25) is 5.02 Å². The zero-order valence-corrected chi connectivity index (χ0v) is 21.2. The molecule has 2 aliphatic rings. The van der Waals surface area contributed by atoms with Crippen LogP contribution in [0.25, 0.3) is 11.4 Å². The zero-order chi connectivity index (χ0) is 26.5. The standard InChI is InChI=1S/C24H23ClF3N5O3S/c1-32-10-14(8-24(27,28)12-32)22-30-21(31-36-22)16-6-19-20(7-17(16)26)37(35)11-18(29)23(34)33(19)9-13-2-4-15(25)5-3-13/h2-7,14,18H,8-12,29H2,1H3/t14?,18-,37?/m0/s1. The van der Waals surface area contributed by atoms with Crippen molar-refractivity contribution >= 4 is 34.4 Å². The predicted molar refractivity (Wildman–Crippen MR) is 131 cm³/mol. The number of carbonyl (C=O) groups excluding carboxylic acids is 1. The van der Waals surface area contributed by atoms with Gasteiger partial charge >= 0.3 is 0 Å². The van der Waals surface area contributed by atoms with Crippen LogP contribution >= 0.6 is 11.6 Å². The lowest BCUT2D eigenvalue weighted by Crippen LogP contribution is -2.45. The summed E-state index contributed by atoms with van der Waals surface area (Å²) in [5.41, 5.74) is 6.81. The molecule has 0 radical (unpaired) electrons. The third kappa shape index (κ3) is 5.34. The topological polar surface area (TPSA) is 112 Å². The number of piperidine rings is 1. The van der Waals surface area contributed by atoms with Gasteiger partial charge in [-0.1, -0.05) is 28.9 Å². The van der Waals surface area contributed by atoms with Crippen LogP contribution in [0.15, 0.2) is 45.8 Å². The van der Waals surface area contributed by atoms with Gasteiger partial charge in [0.1, 0.15) is 23.3 Å². The number of nitrogens with zero attached hydrogens (tertiary/aromatic N) is 4. The Bertz CT molecular complexity index is 1330. The predicted octanol–water partition coefficient (Wildman–Crippen LogP) is 3.57. The maximum absolute atomic E-state index is 15.3. The van der Waals surface area contributed by atoms with E-state index in [1.54, 1.807) is 31.3 Å². The number of nitrogens with two attached hydrogens (primary N) is 1. The summed E-state index contributed by atoms with van der Waals surface area (Å²) in [4.78, 5) is 20.3. The SMILES string of the molecule is CN1CC(c2nc(-c3cc4c(cc3F)[S+]([O-])C[C@H](N)C(=O)N4Cc3ccc(Cl)cc3)no2)CC(F)(F)C1. The Labute approximate surface area is 218 Å². The van der Waals surface area contributed by atoms with Crippen molar-refractivity contribution in [3.8, 4) is 11.4 Å². The van der Waals surface area contributed by atoms with Gasteiger partial charge in [-0.3, -0.25) is 9.69 Å². The number of carbonyl (C=O) groups is 1. The van der Waals surface area contributed by atoms with Crippen LogP contribution in [0.5, 0.6) is 0 Å². The summed E-state index contributed by atoms with van der Waals surface area (Å²) in [7, 11) is 1.57. The van der Waals surface area contributed by atoms with Gasteiger partial charge < -0.3 is 19.7 Å². The average Bonchev–Trinajstić information content (AvgIpc) is 3.29. The molecule has 2 N–H and O–H groups in total. The summed E-state index contributed by atoms with van der Waals surface area (Å²) < 4.78 is 61.6.